The highest BCUT2D eigenvalue weighted by atomic mass is 32.2. The zero-order valence-electron chi connectivity index (χ0n) is 23.6. The van der Waals surface area contributed by atoms with Gasteiger partial charge in [-0.05, 0) is 82.5 Å². The molecule has 0 spiro atoms. The quantitative estimate of drug-likeness (QED) is 0.416. The number of hydrogen-bond donors (Lipinski definition) is 2. The number of nitrogens with one attached hydrogen (secondary N) is 2. The lowest BCUT2D eigenvalue weighted by atomic mass is 9.85. The molecule has 0 aromatic heterocycles. The van der Waals surface area contributed by atoms with Crippen LogP contribution in [0, 0.1) is 5.92 Å². The summed E-state index contributed by atoms with van der Waals surface area (Å²) < 4.78 is 8.49. The van der Waals surface area contributed by atoms with E-state index in [-0.39, 0.29) is 17.1 Å². The number of hydrogen-bond acceptors (Lipinski definition) is 7. The zero-order valence-corrected chi connectivity index (χ0v) is 25.3. The van der Waals surface area contributed by atoms with Gasteiger partial charge in [0.15, 0.2) is 5.37 Å². The maximum Gasteiger partial charge on any atom is 0.411 e. The number of ether oxygens (including phenoxy) is 1. The smallest absolute Gasteiger partial charge is 0.411 e. The molecule has 1 heterocycles. The van der Waals surface area contributed by atoms with Crippen molar-refractivity contribution in [2.75, 3.05) is 31.3 Å². The molecule has 0 bridgehead atoms. The highest BCUT2D eigenvalue weighted by molar-refractivity contribution is 8.00. The molecule has 3 rings (SSSR count). The fraction of sp³-hybridized carbons (Fsp3) is 0.679. The fourth-order valence-electron chi connectivity index (χ4n) is 4.74. The van der Waals surface area contributed by atoms with Gasteiger partial charge in [-0.1, -0.05) is 31.4 Å². The van der Waals surface area contributed by atoms with Crippen molar-refractivity contribution in [2.45, 2.75) is 88.5 Å². The number of nitrogens with zero attached hydrogens (tertiary/aromatic N) is 2. The van der Waals surface area contributed by atoms with Crippen LogP contribution in [0.25, 0.3) is 0 Å². The molecule has 2 fully saturated rings. The summed E-state index contributed by atoms with van der Waals surface area (Å²) in [6.45, 7) is 7.51. The van der Waals surface area contributed by atoms with Crippen LogP contribution in [0.5, 0.6) is 0 Å². The number of rotatable bonds is 9. The summed E-state index contributed by atoms with van der Waals surface area (Å²) >= 11 is 2.87. The lowest BCUT2D eigenvalue weighted by molar-refractivity contribution is -0.128. The Morgan fingerprint density at radius 3 is 2.39 bits per heavy atom. The molecular formula is C28H44N4O4S2. The van der Waals surface area contributed by atoms with Gasteiger partial charge in [0, 0.05) is 37.3 Å². The molecule has 0 radical (unpaired) electrons. The van der Waals surface area contributed by atoms with Crippen molar-refractivity contribution in [1.82, 2.24) is 14.9 Å². The van der Waals surface area contributed by atoms with Crippen molar-refractivity contribution in [1.29, 1.82) is 0 Å². The first-order valence-electron chi connectivity index (χ1n) is 13.6. The van der Waals surface area contributed by atoms with E-state index >= 15 is 0 Å². The number of anilines is 1. The fourth-order valence-corrected chi connectivity index (χ4v) is 7.04. The summed E-state index contributed by atoms with van der Waals surface area (Å²) in [4.78, 5) is 42.0. The van der Waals surface area contributed by atoms with Crippen LogP contribution in [0.2, 0.25) is 0 Å². The number of amides is 3. The van der Waals surface area contributed by atoms with E-state index in [0.29, 0.717) is 18.2 Å². The Labute approximate surface area is 236 Å². The van der Waals surface area contributed by atoms with Gasteiger partial charge in [0.2, 0.25) is 0 Å². The normalized spacial score (nSPS) is 19.9. The van der Waals surface area contributed by atoms with Crippen molar-refractivity contribution < 1.29 is 19.1 Å². The monoisotopic (exact) mass is 564 g/mol. The van der Waals surface area contributed by atoms with Crippen LogP contribution in [0.3, 0.4) is 0 Å². The van der Waals surface area contributed by atoms with E-state index in [1.807, 2.05) is 14.1 Å². The summed E-state index contributed by atoms with van der Waals surface area (Å²) in [6.07, 6.45) is 6.46. The summed E-state index contributed by atoms with van der Waals surface area (Å²) in [5.74, 6) is 0.603. The van der Waals surface area contributed by atoms with Crippen molar-refractivity contribution in [3.05, 3.63) is 29.8 Å². The maximum absolute atomic E-state index is 13.0. The molecular weight excluding hydrogens is 520 g/mol. The number of carbonyl (C=O) groups is 3. The first kappa shape index (κ1) is 30.5. The highest BCUT2D eigenvalue weighted by Gasteiger charge is 2.38. The average molecular weight is 565 g/mol. The Kier molecular flexibility index (Phi) is 11.1. The standard InChI is InChI=1S/C28H44N4O4S2/c1-19(29-25(34)26-32(16-17-37-26)27(35)36-28(2,3)4)24(33)30-38-23(21-10-8-7-9-11-21)18-20-12-14-22(15-13-20)31(5)6/h12-15,19,21,23,26H,7-11,16-18H2,1-6H3,(H,29,34)(H,30,33)/t19-,23?,26+/m1/s1. The molecule has 1 aliphatic heterocycles. The van der Waals surface area contributed by atoms with Gasteiger partial charge in [-0.3, -0.25) is 19.2 Å². The predicted octanol–water partition coefficient (Wildman–Crippen LogP) is 4.82. The van der Waals surface area contributed by atoms with Crippen molar-refractivity contribution in [2.24, 2.45) is 5.92 Å². The van der Waals surface area contributed by atoms with Crippen LogP contribution in [-0.4, -0.2) is 71.5 Å². The molecule has 1 aliphatic carbocycles. The summed E-state index contributed by atoms with van der Waals surface area (Å²) in [5.41, 5.74) is 1.79. The van der Waals surface area contributed by atoms with Crippen LogP contribution in [0.1, 0.15) is 65.4 Å². The van der Waals surface area contributed by atoms with Crippen LogP contribution in [0.15, 0.2) is 24.3 Å². The van der Waals surface area contributed by atoms with E-state index in [0.717, 1.165) is 6.42 Å². The Balaban J connectivity index is 1.56. The molecule has 1 saturated carbocycles. The second-order valence-corrected chi connectivity index (χ2v) is 13.6. The summed E-state index contributed by atoms with van der Waals surface area (Å²) in [7, 11) is 4.07. The minimum Gasteiger partial charge on any atom is -0.444 e. The van der Waals surface area contributed by atoms with Gasteiger partial charge in [-0.2, -0.15) is 0 Å². The van der Waals surface area contributed by atoms with Gasteiger partial charge in [0.1, 0.15) is 11.6 Å². The van der Waals surface area contributed by atoms with Gasteiger partial charge < -0.3 is 15.0 Å². The molecule has 1 saturated heterocycles. The molecule has 2 aliphatic rings. The maximum atomic E-state index is 13.0. The van der Waals surface area contributed by atoms with Gasteiger partial charge in [-0.15, -0.1) is 11.8 Å². The van der Waals surface area contributed by atoms with E-state index < -0.39 is 23.1 Å². The molecule has 1 aromatic rings. The molecule has 3 amide bonds. The topological polar surface area (TPSA) is 91.0 Å². The molecule has 1 unspecified atom stereocenters. The Hall–Kier alpha value is -2.07. The van der Waals surface area contributed by atoms with Crippen LogP contribution in [-0.2, 0) is 20.7 Å². The minimum atomic E-state index is -0.719. The SMILES string of the molecule is C[C@@H](NC(=O)[C@@H]1SCCN1C(=O)OC(C)(C)C)C(=O)NSC(Cc1ccc(N(C)C)cc1)C1CCCCC1. The van der Waals surface area contributed by atoms with Crippen LogP contribution >= 0.6 is 23.7 Å². The third-order valence-electron chi connectivity index (χ3n) is 6.87. The van der Waals surface area contributed by atoms with Crippen molar-refractivity contribution >= 4 is 47.3 Å². The lowest BCUT2D eigenvalue weighted by Crippen LogP contribution is -2.51. The lowest BCUT2D eigenvalue weighted by Gasteiger charge is -2.30. The number of thioether (sulfide) groups is 1. The Bertz CT molecular complexity index is 945. The second-order valence-electron chi connectivity index (χ2n) is 11.4. The van der Waals surface area contributed by atoms with Gasteiger partial charge >= 0.3 is 6.09 Å². The Morgan fingerprint density at radius 1 is 1.13 bits per heavy atom. The van der Waals surface area contributed by atoms with E-state index in [1.165, 1.54) is 72.0 Å². The molecule has 3 atom stereocenters. The van der Waals surface area contributed by atoms with Gasteiger partial charge in [0.25, 0.3) is 11.8 Å². The van der Waals surface area contributed by atoms with Gasteiger partial charge in [-0.25, -0.2) is 4.79 Å². The predicted molar refractivity (Wildman–Crippen MR) is 157 cm³/mol. The molecule has 38 heavy (non-hydrogen) atoms. The molecule has 2 N–H and O–H groups in total. The van der Waals surface area contributed by atoms with E-state index in [4.69, 9.17) is 4.74 Å². The van der Waals surface area contributed by atoms with Gasteiger partial charge in [0.05, 0.1) is 0 Å². The minimum absolute atomic E-state index is 0.237. The van der Waals surface area contributed by atoms with Crippen molar-refractivity contribution in [3.8, 4) is 0 Å². The first-order valence-corrected chi connectivity index (χ1v) is 15.5. The summed E-state index contributed by atoms with van der Waals surface area (Å²) in [6, 6.07) is 7.90. The van der Waals surface area contributed by atoms with Crippen LogP contribution in [0.4, 0.5) is 10.5 Å². The summed E-state index contributed by atoms with van der Waals surface area (Å²) in [5, 5.41) is 2.36. The van der Waals surface area contributed by atoms with E-state index in [1.54, 1.807) is 27.7 Å². The van der Waals surface area contributed by atoms with Crippen molar-refractivity contribution in [3.63, 3.8) is 0 Å². The third-order valence-corrected chi connectivity index (χ3v) is 9.25. The number of carbonyl (C=O) groups excluding carboxylic acids is 3. The number of benzene rings is 1. The highest BCUT2D eigenvalue weighted by Crippen LogP contribution is 2.34. The second kappa shape index (κ2) is 13.8. The molecule has 8 nitrogen and oxygen atoms in total. The molecule has 1 aromatic carbocycles. The first-order chi connectivity index (χ1) is 17.9. The third kappa shape index (κ3) is 9.00. The van der Waals surface area contributed by atoms with E-state index in [9.17, 15) is 14.4 Å². The molecule has 212 valence electrons. The average Bonchev–Trinajstić information content (AvgIpc) is 3.36. The molecule has 10 heteroatoms. The van der Waals surface area contributed by atoms with E-state index in [2.05, 4.69) is 39.2 Å². The zero-order chi connectivity index (χ0) is 27.9. The van der Waals surface area contributed by atoms with Crippen LogP contribution < -0.4 is 14.9 Å². The largest absolute Gasteiger partial charge is 0.444 e. The Morgan fingerprint density at radius 2 is 1.79 bits per heavy atom.